The maximum Gasteiger partial charge on any atom is 0.240 e. The van der Waals surface area contributed by atoms with Crippen molar-refractivity contribution < 1.29 is 14.3 Å². The van der Waals surface area contributed by atoms with Gasteiger partial charge in [0.25, 0.3) is 0 Å². The van der Waals surface area contributed by atoms with Crippen molar-refractivity contribution in [3.8, 4) is 0 Å². The lowest BCUT2D eigenvalue weighted by atomic mass is 9.97. The summed E-state index contributed by atoms with van der Waals surface area (Å²) in [7, 11) is 0. The van der Waals surface area contributed by atoms with Crippen LogP contribution in [0.25, 0.3) is 0 Å². The third kappa shape index (κ3) is 4.50. The molecule has 27 heavy (non-hydrogen) atoms. The normalized spacial score (nSPS) is 19.0. The topological polar surface area (TPSA) is 70.7 Å². The molecule has 1 aromatic carbocycles. The molecule has 148 valence electrons. The highest BCUT2D eigenvalue weighted by Crippen LogP contribution is 2.47. The van der Waals surface area contributed by atoms with Crippen LogP contribution < -0.4 is 10.6 Å². The lowest BCUT2D eigenvalue weighted by Gasteiger charge is -2.27. The number of anilines is 1. The number of para-hydroxylation sites is 1. The monoisotopic (exact) mass is 373 g/mol. The second kappa shape index (κ2) is 8.40. The first kappa shape index (κ1) is 19.8. The van der Waals surface area contributed by atoms with Crippen molar-refractivity contribution in [1.82, 2.24) is 10.2 Å². The Morgan fingerprint density at radius 1 is 1.19 bits per heavy atom. The first-order valence-electron chi connectivity index (χ1n) is 9.93. The van der Waals surface area contributed by atoms with Gasteiger partial charge in [-0.15, -0.1) is 0 Å². The Morgan fingerprint density at radius 3 is 2.52 bits per heavy atom. The van der Waals surface area contributed by atoms with E-state index in [0.717, 1.165) is 49.7 Å². The highest BCUT2D eigenvalue weighted by molar-refractivity contribution is 6.13. The van der Waals surface area contributed by atoms with Crippen LogP contribution in [-0.2, 0) is 14.3 Å². The first-order chi connectivity index (χ1) is 12.9. The number of rotatable bonds is 7. The average molecular weight is 373 g/mol. The number of carbonyl (C=O) groups excluding carboxylic acids is 2. The molecule has 0 aromatic heterocycles. The summed E-state index contributed by atoms with van der Waals surface area (Å²) in [6, 6.07) is 6.03. The van der Waals surface area contributed by atoms with Crippen LogP contribution in [0.4, 0.5) is 5.69 Å². The van der Waals surface area contributed by atoms with Gasteiger partial charge in [-0.3, -0.25) is 14.5 Å². The molecule has 0 atom stereocenters. The number of nitrogens with zero attached hydrogens (tertiary/aromatic N) is 1. The van der Waals surface area contributed by atoms with Crippen LogP contribution in [-0.4, -0.2) is 56.1 Å². The molecule has 1 aliphatic carbocycles. The fraction of sp³-hybridized carbons (Fsp3) is 0.619. The number of hydrogen-bond donors (Lipinski definition) is 2. The van der Waals surface area contributed by atoms with E-state index in [1.807, 2.05) is 25.1 Å². The predicted molar refractivity (Wildman–Crippen MR) is 106 cm³/mol. The average Bonchev–Trinajstić information content (AvgIpc) is 3.46. The third-order valence-corrected chi connectivity index (χ3v) is 5.60. The maximum absolute atomic E-state index is 12.9. The number of carbonyl (C=O) groups is 2. The van der Waals surface area contributed by atoms with Gasteiger partial charge in [0, 0.05) is 31.9 Å². The number of ether oxygens (including phenoxy) is 1. The summed E-state index contributed by atoms with van der Waals surface area (Å²) in [6.07, 6.45) is 1.23. The van der Waals surface area contributed by atoms with Gasteiger partial charge in [0.2, 0.25) is 11.8 Å². The van der Waals surface area contributed by atoms with Crippen LogP contribution >= 0.6 is 0 Å². The van der Waals surface area contributed by atoms with Crippen LogP contribution in [0.2, 0.25) is 0 Å². The van der Waals surface area contributed by atoms with Gasteiger partial charge in [-0.25, -0.2) is 0 Å². The Bertz CT molecular complexity index is 692. The number of hydrogen-bond acceptors (Lipinski definition) is 4. The number of aryl methyl sites for hydroxylation is 1. The van der Waals surface area contributed by atoms with Gasteiger partial charge in [0.05, 0.1) is 13.2 Å². The minimum absolute atomic E-state index is 0.145. The predicted octanol–water partition coefficient (Wildman–Crippen LogP) is 2.29. The van der Waals surface area contributed by atoms with Crippen molar-refractivity contribution >= 4 is 17.5 Å². The van der Waals surface area contributed by atoms with E-state index in [1.165, 1.54) is 0 Å². The summed E-state index contributed by atoms with van der Waals surface area (Å²) in [4.78, 5) is 27.9. The second-order valence-corrected chi connectivity index (χ2v) is 7.94. The van der Waals surface area contributed by atoms with Gasteiger partial charge < -0.3 is 15.4 Å². The van der Waals surface area contributed by atoms with Crippen LogP contribution in [0.3, 0.4) is 0 Å². The first-order valence-corrected chi connectivity index (χ1v) is 9.93. The van der Waals surface area contributed by atoms with Crippen molar-refractivity contribution in [2.75, 3.05) is 44.7 Å². The highest BCUT2D eigenvalue weighted by atomic mass is 16.5. The van der Waals surface area contributed by atoms with E-state index in [9.17, 15) is 9.59 Å². The van der Waals surface area contributed by atoms with E-state index < -0.39 is 5.41 Å². The Morgan fingerprint density at radius 2 is 1.89 bits per heavy atom. The standard InChI is InChI=1S/C21H31N3O3/c1-15(2)17-6-4-5-16(3)18(17)23-20(26)21(7-8-21)19(25)22-9-10-24-11-13-27-14-12-24/h4-6,15H,7-14H2,1-3H3,(H,22,25)(H,23,26). The lowest BCUT2D eigenvalue weighted by Crippen LogP contribution is -2.45. The lowest BCUT2D eigenvalue weighted by molar-refractivity contribution is -0.134. The zero-order chi connectivity index (χ0) is 19.4. The minimum Gasteiger partial charge on any atom is -0.379 e. The molecular weight excluding hydrogens is 342 g/mol. The fourth-order valence-corrected chi connectivity index (χ4v) is 3.58. The van der Waals surface area contributed by atoms with Crippen molar-refractivity contribution in [3.05, 3.63) is 29.3 Å². The molecule has 1 saturated carbocycles. The van der Waals surface area contributed by atoms with E-state index in [4.69, 9.17) is 4.74 Å². The van der Waals surface area contributed by atoms with Crippen LogP contribution in [0.15, 0.2) is 18.2 Å². The molecule has 0 radical (unpaired) electrons. The Labute approximate surface area is 161 Å². The molecule has 6 heteroatoms. The number of amides is 2. The number of nitrogens with one attached hydrogen (secondary N) is 2. The highest BCUT2D eigenvalue weighted by Gasteiger charge is 2.56. The van der Waals surface area contributed by atoms with Gasteiger partial charge in [-0.1, -0.05) is 32.0 Å². The quantitative estimate of drug-likeness (QED) is 0.720. The van der Waals surface area contributed by atoms with Crippen molar-refractivity contribution in [1.29, 1.82) is 0 Å². The molecule has 1 aromatic rings. The molecule has 2 aliphatic rings. The van der Waals surface area contributed by atoms with Crippen molar-refractivity contribution in [2.24, 2.45) is 5.41 Å². The maximum atomic E-state index is 12.9. The molecule has 6 nitrogen and oxygen atoms in total. The summed E-state index contributed by atoms with van der Waals surface area (Å²) in [5.74, 6) is -0.0202. The summed E-state index contributed by atoms with van der Waals surface area (Å²) >= 11 is 0. The van der Waals surface area contributed by atoms with Crippen molar-refractivity contribution in [2.45, 2.75) is 39.5 Å². The molecular formula is C21H31N3O3. The van der Waals surface area contributed by atoms with Gasteiger partial charge in [0.1, 0.15) is 5.41 Å². The number of morpholine rings is 1. The molecule has 2 amide bonds. The van der Waals surface area contributed by atoms with E-state index in [0.29, 0.717) is 25.3 Å². The second-order valence-electron chi connectivity index (χ2n) is 7.94. The van der Waals surface area contributed by atoms with Gasteiger partial charge in [-0.05, 0) is 36.8 Å². The molecule has 1 saturated heterocycles. The van der Waals surface area contributed by atoms with E-state index in [1.54, 1.807) is 0 Å². The zero-order valence-electron chi connectivity index (χ0n) is 16.6. The fourth-order valence-electron chi connectivity index (χ4n) is 3.58. The molecule has 0 unspecified atom stereocenters. The molecule has 0 spiro atoms. The Hall–Kier alpha value is -1.92. The molecule has 1 aliphatic heterocycles. The molecule has 0 bridgehead atoms. The molecule has 1 heterocycles. The third-order valence-electron chi connectivity index (χ3n) is 5.60. The largest absolute Gasteiger partial charge is 0.379 e. The van der Waals surface area contributed by atoms with E-state index in [-0.39, 0.29) is 11.8 Å². The smallest absolute Gasteiger partial charge is 0.240 e. The summed E-state index contributed by atoms with van der Waals surface area (Å²) in [6.45, 7) is 10.8. The van der Waals surface area contributed by atoms with E-state index >= 15 is 0 Å². The Kier molecular flexibility index (Phi) is 6.17. The van der Waals surface area contributed by atoms with Crippen LogP contribution in [0.1, 0.15) is 43.7 Å². The van der Waals surface area contributed by atoms with Crippen LogP contribution in [0, 0.1) is 12.3 Å². The zero-order valence-corrected chi connectivity index (χ0v) is 16.6. The molecule has 2 fully saturated rings. The molecule has 2 N–H and O–H groups in total. The van der Waals surface area contributed by atoms with E-state index in [2.05, 4.69) is 29.4 Å². The van der Waals surface area contributed by atoms with Gasteiger partial charge in [0.15, 0.2) is 0 Å². The van der Waals surface area contributed by atoms with Gasteiger partial charge in [-0.2, -0.15) is 0 Å². The number of benzene rings is 1. The van der Waals surface area contributed by atoms with Crippen molar-refractivity contribution in [3.63, 3.8) is 0 Å². The summed E-state index contributed by atoms with van der Waals surface area (Å²) < 4.78 is 5.33. The molecule has 3 rings (SSSR count). The summed E-state index contributed by atoms with van der Waals surface area (Å²) in [5.41, 5.74) is 2.08. The Balaban J connectivity index is 1.58. The SMILES string of the molecule is Cc1cccc(C(C)C)c1NC(=O)C1(C(=O)NCCN2CCOCC2)CC1. The summed E-state index contributed by atoms with van der Waals surface area (Å²) in [5, 5.41) is 6.03. The minimum atomic E-state index is -0.901. The van der Waals surface area contributed by atoms with Gasteiger partial charge >= 0.3 is 0 Å². The van der Waals surface area contributed by atoms with Crippen LogP contribution in [0.5, 0.6) is 0 Å².